The third-order valence-electron chi connectivity index (χ3n) is 8.30. The fourth-order valence-electron chi connectivity index (χ4n) is 6.02. The molecule has 0 spiro atoms. The maximum Gasteiger partial charge on any atom is 0.273 e. The minimum Gasteiger partial charge on any atom is -0.497 e. The van der Waals surface area contributed by atoms with Crippen LogP contribution in [0.1, 0.15) is 46.0 Å². The van der Waals surface area contributed by atoms with Crippen LogP contribution in [-0.2, 0) is 6.42 Å². The number of fused-ring (bicyclic) bond motifs is 3. The highest BCUT2D eigenvalue weighted by Gasteiger charge is 2.32. The molecule has 2 aliphatic rings. The molecule has 3 heterocycles. The number of hydrogen-bond acceptors (Lipinski definition) is 7. The molecule has 1 aliphatic heterocycles. The van der Waals surface area contributed by atoms with E-state index in [0.29, 0.717) is 32.0 Å². The Hall–Kier alpha value is -5.02. The summed E-state index contributed by atoms with van der Waals surface area (Å²) in [7, 11) is 1.64. The lowest BCUT2D eigenvalue weighted by Crippen LogP contribution is -2.38. The lowest BCUT2D eigenvalue weighted by Gasteiger charge is -2.31. The number of thiazole rings is 1. The highest BCUT2D eigenvalue weighted by Crippen LogP contribution is 2.41. The van der Waals surface area contributed by atoms with Crippen molar-refractivity contribution in [2.45, 2.75) is 32.7 Å². The number of nitrogens with zero attached hydrogens (tertiary/aromatic N) is 3. The van der Waals surface area contributed by atoms with Crippen LogP contribution in [0, 0.1) is 24.0 Å². The maximum atomic E-state index is 14.1. The number of allylic oxidation sites excluding steroid dienone is 1. The minimum absolute atomic E-state index is 0.0457. The summed E-state index contributed by atoms with van der Waals surface area (Å²) in [6, 6.07) is 22.8. The predicted molar refractivity (Wildman–Crippen MR) is 166 cm³/mol. The van der Waals surface area contributed by atoms with Gasteiger partial charge in [0.25, 0.3) is 11.2 Å². The molecule has 0 saturated carbocycles. The van der Waals surface area contributed by atoms with Gasteiger partial charge in [-0.15, -0.1) is 0 Å². The Morgan fingerprint density at radius 3 is 2.72 bits per heavy atom. The SMILES string of the molecule is COc1cccc([C@H]2C3=C(N=c4s/c(=C/c5ccc(-c6cc(C)c(C)c([N+](=O)[O-])c6)o5)c(=O)n42)c2ccccc2CC3)c1. The largest absolute Gasteiger partial charge is 0.497 e. The minimum atomic E-state index is -0.382. The second kappa shape index (κ2) is 10.4. The lowest BCUT2D eigenvalue weighted by atomic mass is 9.83. The Morgan fingerprint density at radius 1 is 1.07 bits per heavy atom. The van der Waals surface area contributed by atoms with Crippen molar-refractivity contribution >= 4 is 28.8 Å². The van der Waals surface area contributed by atoms with Gasteiger partial charge in [-0.3, -0.25) is 19.5 Å². The van der Waals surface area contributed by atoms with Gasteiger partial charge in [-0.25, -0.2) is 4.99 Å². The van der Waals surface area contributed by atoms with Gasteiger partial charge < -0.3 is 9.15 Å². The van der Waals surface area contributed by atoms with Gasteiger partial charge in [-0.2, -0.15) is 0 Å². The molecule has 3 aromatic carbocycles. The highest BCUT2D eigenvalue weighted by atomic mass is 32.1. The first-order chi connectivity index (χ1) is 20.8. The molecule has 9 heteroatoms. The van der Waals surface area contributed by atoms with Gasteiger partial charge in [0.05, 0.1) is 28.3 Å². The number of rotatable bonds is 5. The molecule has 1 atom stereocenters. The van der Waals surface area contributed by atoms with Crippen molar-refractivity contribution in [1.29, 1.82) is 0 Å². The Kier molecular flexibility index (Phi) is 6.47. The molecule has 0 N–H and O–H groups in total. The van der Waals surface area contributed by atoms with E-state index >= 15 is 0 Å². The number of nitro groups is 1. The summed E-state index contributed by atoms with van der Waals surface area (Å²) in [6.07, 6.45) is 3.40. The summed E-state index contributed by atoms with van der Waals surface area (Å²) in [4.78, 5) is 30.9. The van der Waals surface area contributed by atoms with Crippen molar-refractivity contribution in [3.05, 3.63) is 142 Å². The van der Waals surface area contributed by atoms with Crippen molar-refractivity contribution in [2.24, 2.45) is 4.99 Å². The molecule has 0 amide bonds. The first kappa shape index (κ1) is 26.9. The molecule has 0 saturated heterocycles. The topological polar surface area (TPSA) is 99.9 Å². The molecule has 0 radical (unpaired) electrons. The van der Waals surface area contributed by atoms with Gasteiger partial charge in [0, 0.05) is 28.8 Å². The van der Waals surface area contributed by atoms with E-state index < -0.39 is 0 Å². The van der Waals surface area contributed by atoms with Crippen molar-refractivity contribution in [2.75, 3.05) is 7.11 Å². The fraction of sp³-hybridized carbons (Fsp3) is 0.176. The van der Waals surface area contributed by atoms with E-state index in [1.54, 1.807) is 36.8 Å². The number of nitro benzene ring substituents is 1. The van der Waals surface area contributed by atoms with Crippen LogP contribution in [0.25, 0.3) is 23.1 Å². The van der Waals surface area contributed by atoms with Gasteiger partial charge >= 0.3 is 0 Å². The van der Waals surface area contributed by atoms with Crippen molar-refractivity contribution in [1.82, 2.24) is 4.57 Å². The molecule has 8 nitrogen and oxygen atoms in total. The van der Waals surface area contributed by atoms with Crippen LogP contribution in [0.2, 0.25) is 0 Å². The molecule has 5 aromatic rings. The smallest absolute Gasteiger partial charge is 0.273 e. The Balaban J connectivity index is 1.38. The van der Waals surface area contributed by atoms with E-state index in [-0.39, 0.29) is 22.2 Å². The van der Waals surface area contributed by atoms with Crippen LogP contribution in [-0.4, -0.2) is 16.6 Å². The summed E-state index contributed by atoms with van der Waals surface area (Å²) in [5.74, 6) is 1.70. The van der Waals surface area contributed by atoms with Crippen molar-refractivity contribution in [3.8, 4) is 17.1 Å². The van der Waals surface area contributed by atoms with Crippen LogP contribution in [0.15, 0.2) is 92.6 Å². The Labute approximate surface area is 250 Å². The van der Waals surface area contributed by atoms with Crippen LogP contribution in [0.3, 0.4) is 0 Å². The molecule has 1 aliphatic carbocycles. The number of benzene rings is 3. The number of methoxy groups -OCH3 is 1. The van der Waals surface area contributed by atoms with E-state index in [2.05, 4.69) is 18.2 Å². The molecule has 0 fully saturated rings. The third kappa shape index (κ3) is 4.53. The number of hydrogen-bond donors (Lipinski definition) is 0. The van der Waals surface area contributed by atoms with E-state index in [9.17, 15) is 14.9 Å². The normalized spacial score (nSPS) is 15.9. The second-order valence-electron chi connectivity index (χ2n) is 10.8. The first-order valence-corrected chi connectivity index (χ1v) is 14.8. The lowest BCUT2D eigenvalue weighted by molar-refractivity contribution is -0.385. The average molecular weight is 590 g/mol. The van der Waals surface area contributed by atoms with Crippen molar-refractivity contribution in [3.63, 3.8) is 0 Å². The molecule has 43 heavy (non-hydrogen) atoms. The molecule has 0 bridgehead atoms. The van der Waals surface area contributed by atoms with Crippen molar-refractivity contribution < 1.29 is 14.1 Å². The van der Waals surface area contributed by atoms with Gasteiger partial charge in [0.2, 0.25) is 0 Å². The van der Waals surface area contributed by atoms with Crippen LogP contribution >= 0.6 is 11.3 Å². The van der Waals surface area contributed by atoms with E-state index in [1.807, 2.05) is 43.3 Å². The molecule has 214 valence electrons. The monoisotopic (exact) mass is 589 g/mol. The zero-order valence-corrected chi connectivity index (χ0v) is 24.6. The summed E-state index contributed by atoms with van der Waals surface area (Å²) in [6.45, 7) is 3.58. The fourth-order valence-corrected chi connectivity index (χ4v) is 7.00. The molecule has 7 rings (SSSR count). The highest BCUT2D eigenvalue weighted by molar-refractivity contribution is 7.07. The molecule has 0 unspecified atom stereocenters. The second-order valence-corrected chi connectivity index (χ2v) is 11.8. The molecular formula is C34H27N3O5S. The summed E-state index contributed by atoms with van der Waals surface area (Å²) in [5, 5.41) is 11.6. The predicted octanol–water partition coefficient (Wildman–Crippen LogP) is 6.11. The Bertz CT molecular complexity index is 2170. The number of furan rings is 1. The molecular weight excluding hydrogens is 562 g/mol. The summed E-state index contributed by atoms with van der Waals surface area (Å²) < 4.78 is 13.9. The van der Waals surface area contributed by atoms with Crippen LogP contribution in [0.4, 0.5) is 5.69 Å². The zero-order chi connectivity index (χ0) is 29.8. The van der Waals surface area contributed by atoms with Gasteiger partial charge in [0.1, 0.15) is 17.3 Å². The third-order valence-corrected chi connectivity index (χ3v) is 9.29. The quantitative estimate of drug-likeness (QED) is 0.182. The summed E-state index contributed by atoms with van der Waals surface area (Å²) >= 11 is 1.32. The standard InChI is InChI=1S/C34H27N3O5S/c1-19-15-23(17-28(20(19)2)37(39)40)29-14-12-25(42-29)18-30-33(38)36-32(22-8-6-9-24(16-22)41-3)27-13-11-21-7-4-5-10-26(21)31(27)35-34(36)43-30/h4-10,12,14-18,32H,11,13H2,1-3H3/b30-18+/t32-/m0/s1. The zero-order valence-electron chi connectivity index (χ0n) is 23.8. The Morgan fingerprint density at radius 2 is 1.91 bits per heavy atom. The number of aryl methyl sites for hydroxylation is 2. The maximum absolute atomic E-state index is 14.1. The van der Waals surface area contributed by atoms with E-state index in [0.717, 1.165) is 46.6 Å². The van der Waals surface area contributed by atoms with E-state index in [1.165, 1.54) is 23.0 Å². The first-order valence-electron chi connectivity index (χ1n) is 14.0. The average Bonchev–Trinajstić information content (AvgIpc) is 3.61. The van der Waals surface area contributed by atoms with E-state index in [4.69, 9.17) is 14.1 Å². The van der Waals surface area contributed by atoms with Gasteiger partial charge in [-0.1, -0.05) is 47.7 Å². The summed E-state index contributed by atoms with van der Waals surface area (Å²) in [5.41, 5.74) is 7.30. The van der Waals surface area contributed by atoms with Crippen LogP contribution < -0.4 is 19.6 Å². The van der Waals surface area contributed by atoms with Gasteiger partial charge in [-0.05, 0) is 79.3 Å². The number of ether oxygens (including phenoxy) is 1. The number of aromatic nitrogens is 1. The van der Waals surface area contributed by atoms with Gasteiger partial charge in [0.15, 0.2) is 4.80 Å². The molecule has 2 aromatic heterocycles. The van der Waals surface area contributed by atoms with Crippen LogP contribution in [0.5, 0.6) is 5.75 Å².